The van der Waals surface area contributed by atoms with Crippen LogP contribution in [0.5, 0.6) is 11.8 Å². The molecule has 0 aliphatic carbocycles. The van der Waals surface area contributed by atoms with E-state index in [1.807, 2.05) is 32.0 Å². The van der Waals surface area contributed by atoms with Gasteiger partial charge >= 0.3 is 6.01 Å². The van der Waals surface area contributed by atoms with E-state index in [4.69, 9.17) is 10.5 Å². The summed E-state index contributed by atoms with van der Waals surface area (Å²) < 4.78 is 5.80. The highest BCUT2D eigenvalue weighted by molar-refractivity contribution is 5.41. The predicted molar refractivity (Wildman–Crippen MR) is 81.7 cm³/mol. The molecule has 110 valence electrons. The van der Waals surface area contributed by atoms with Crippen molar-refractivity contribution in [2.45, 2.75) is 26.7 Å². The van der Waals surface area contributed by atoms with Gasteiger partial charge in [-0.05, 0) is 43.9 Å². The second-order valence-corrected chi connectivity index (χ2v) is 5.27. The fourth-order valence-corrected chi connectivity index (χ4v) is 2.40. The summed E-state index contributed by atoms with van der Waals surface area (Å²) in [4.78, 5) is 14.8. The highest BCUT2D eigenvalue weighted by atomic mass is 16.5. The van der Waals surface area contributed by atoms with Crippen LogP contribution in [0.25, 0.3) is 0 Å². The van der Waals surface area contributed by atoms with E-state index in [0.717, 1.165) is 42.8 Å². The van der Waals surface area contributed by atoms with Crippen LogP contribution < -0.4 is 15.4 Å². The maximum Gasteiger partial charge on any atom is 0.328 e. The SMILES string of the molecule is Cc1cccc(Oc2nc(N)nc(N3CCCC3)n2)c1C. The Kier molecular flexibility index (Phi) is 3.60. The Morgan fingerprint density at radius 1 is 1.10 bits per heavy atom. The molecular formula is C15H19N5O. The molecule has 0 atom stereocenters. The molecule has 21 heavy (non-hydrogen) atoms. The Hall–Kier alpha value is -2.37. The highest BCUT2D eigenvalue weighted by Crippen LogP contribution is 2.26. The van der Waals surface area contributed by atoms with Crippen molar-refractivity contribution in [2.24, 2.45) is 0 Å². The van der Waals surface area contributed by atoms with Gasteiger partial charge in [-0.25, -0.2) is 0 Å². The zero-order valence-electron chi connectivity index (χ0n) is 12.3. The van der Waals surface area contributed by atoms with Crippen LogP contribution in [0.15, 0.2) is 18.2 Å². The van der Waals surface area contributed by atoms with Gasteiger partial charge in [0.1, 0.15) is 5.75 Å². The van der Waals surface area contributed by atoms with Gasteiger partial charge in [0, 0.05) is 13.1 Å². The summed E-state index contributed by atoms with van der Waals surface area (Å²) in [5.74, 6) is 1.53. The van der Waals surface area contributed by atoms with Crippen LogP contribution in [0.2, 0.25) is 0 Å². The van der Waals surface area contributed by atoms with Gasteiger partial charge in [-0.1, -0.05) is 12.1 Å². The van der Waals surface area contributed by atoms with Crippen molar-refractivity contribution >= 4 is 11.9 Å². The Morgan fingerprint density at radius 3 is 2.62 bits per heavy atom. The van der Waals surface area contributed by atoms with E-state index in [2.05, 4.69) is 19.9 Å². The minimum Gasteiger partial charge on any atom is -0.424 e. The molecule has 1 saturated heterocycles. The minimum absolute atomic E-state index is 0.187. The molecule has 0 saturated carbocycles. The maximum atomic E-state index is 5.80. The average molecular weight is 285 g/mol. The van der Waals surface area contributed by atoms with Gasteiger partial charge < -0.3 is 15.4 Å². The monoisotopic (exact) mass is 285 g/mol. The average Bonchev–Trinajstić information content (AvgIpc) is 2.97. The molecule has 6 nitrogen and oxygen atoms in total. The standard InChI is InChI=1S/C15H19N5O/c1-10-6-5-7-12(11(10)2)21-15-18-13(16)17-14(19-15)20-8-3-4-9-20/h5-7H,3-4,8-9H2,1-2H3,(H2,16,17,18,19). The van der Waals surface area contributed by atoms with E-state index in [9.17, 15) is 0 Å². The molecule has 2 N–H and O–H groups in total. The molecule has 6 heteroatoms. The normalized spacial score (nSPS) is 14.5. The molecule has 1 aromatic heterocycles. The van der Waals surface area contributed by atoms with Crippen molar-refractivity contribution in [3.8, 4) is 11.8 Å². The first kappa shape index (κ1) is 13.6. The highest BCUT2D eigenvalue weighted by Gasteiger charge is 2.17. The van der Waals surface area contributed by atoms with Gasteiger partial charge in [-0.2, -0.15) is 15.0 Å². The lowest BCUT2D eigenvalue weighted by atomic mass is 10.1. The second-order valence-electron chi connectivity index (χ2n) is 5.27. The Balaban J connectivity index is 1.89. The predicted octanol–water partition coefficient (Wildman–Crippen LogP) is 2.46. The molecule has 0 unspecified atom stereocenters. The molecule has 2 aromatic rings. The molecule has 0 amide bonds. The lowest BCUT2D eigenvalue weighted by Gasteiger charge is -2.16. The van der Waals surface area contributed by atoms with Gasteiger partial charge in [-0.15, -0.1) is 0 Å². The minimum atomic E-state index is 0.187. The third-order valence-electron chi connectivity index (χ3n) is 3.77. The number of hydrogen-bond donors (Lipinski definition) is 1. The first-order valence-corrected chi connectivity index (χ1v) is 7.14. The first-order valence-electron chi connectivity index (χ1n) is 7.14. The molecule has 0 radical (unpaired) electrons. The number of aromatic nitrogens is 3. The summed E-state index contributed by atoms with van der Waals surface area (Å²) in [6, 6.07) is 6.14. The van der Waals surface area contributed by atoms with E-state index in [1.54, 1.807) is 0 Å². The van der Waals surface area contributed by atoms with Crippen molar-refractivity contribution in [1.82, 2.24) is 15.0 Å². The van der Waals surface area contributed by atoms with Crippen molar-refractivity contribution in [3.63, 3.8) is 0 Å². The van der Waals surface area contributed by atoms with Gasteiger partial charge in [-0.3, -0.25) is 0 Å². The van der Waals surface area contributed by atoms with Crippen molar-refractivity contribution < 1.29 is 4.74 Å². The summed E-state index contributed by atoms with van der Waals surface area (Å²) in [5.41, 5.74) is 8.01. The summed E-state index contributed by atoms with van der Waals surface area (Å²) in [6.07, 6.45) is 2.30. The number of benzene rings is 1. The smallest absolute Gasteiger partial charge is 0.328 e. The Morgan fingerprint density at radius 2 is 1.86 bits per heavy atom. The van der Waals surface area contributed by atoms with Crippen LogP contribution in [-0.2, 0) is 0 Å². The third kappa shape index (κ3) is 2.89. The van der Waals surface area contributed by atoms with E-state index in [0.29, 0.717) is 5.95 Å². The number of anilines is 2. The summed E-state index contributed by atoms with van der Waals surface area (Å²) in [5, 5.41) is 0. The molecule has 0 spiro atoms. The zero-order chi connectivity index (χ0) is 14.8. The quantitative estimate of drug-likeness (QED) is 0.933. The van der Waals surface area contributed by atoms with Crippen molar-refractivity contribution in [3.05, 3.63) is 29.3 Å². The molecule has 1 fully saturated rings. The molecule has 0 bridgehead atoms. The molecule has 1 aromatic carbocycles. The number of nitrogens with two attached hydrogens (primary N) is 1. The number of hydrogen-bond acceptors (Lipinski definition) is 6. The molecular weight excluding hydrogens is 266 g/mol. The Labute approximate surface area is 124 Å². The lowest BCUT2D eigenvalue weighted by molar-refractivity contribution is 0.437. The largest absolute Gasteiger partial charge is 0.424 e. The van der Waals surface area contributed by atoms with Crippen molar-refractivity contribution in [1.29, 1.82) is 0 Å². The lowest BCUT2D eigenvalue weighted by Crippen LogP contribution is -2.21. The van der Waals surface area contributed by atoms with Gasteiger partial charge in [0.25, 0.3) is 0 Å². The topological polar surface area (TPSA) is 77.2 Å². The number of aryl methyl sites for hydroxylation is 1. The van der Waals surface area contributed by atoms with Gasteiger partial charge in [0.2, 0.25) is 11.9 Å². The van der Waals surface area contributed by atoms with E-state index >= 15 is 0 Å². The maximum absolute atomic E-state index is 5.80. The van der Waals surface area contributed by atoms with Crippen molar-refractivity contribution in [2.75, 3.05) is 23.7 Å². The van der Waals surface area contributed by atoms with Gasteiger partial charge in [0.15, 0.2) is 0 Å². The summed E-state index contributed by atoms with van der Waals surface area (Å²) >= 11 is 0. The number of ether oxygens (including phenoxy) is 1. The van der Waals surface area contributed by atoms with E-state index < -0.39 is 0 Å². The zero-order valence-corrected chi connectivity index (χ0v) is 12.3. The summed E-state index contributed by atoms with van der Waals surface area (Å²) in [6.45, 7) is 5.95. The first-order chi connectivity index (χ1) is 10.1. The fourth-order valence-electron chi connectivity index (χ4n) is 2.40. The van der Waals surface area contributed by atoms with Crippen LogP contribution >= 0.6 is 0 Å². The van der Waals surface area contributed by atoms with E-state index in [1.165, 1.54) is 0 Å². The third-order valence-corrected chi connectivity index (χ3v) is 3.77. The number of nitrogens with zero attached hydrogens (tertiary/aromatic N) is 4. The van der Waals surface area contributed by atoms with Crippen LogP contribution in [0, 0.1) is 13.8 Å². The fraction of sp³-hybridized carbons (Fsp3) is 0.400. The van der Waals surface area contributed by atoms with Crippen LogP contribution in [0.4, 0.5) is 11.9 Å². The molecule has 2 heterocycles. The number of nitrogen functional groups attached to an aromatic ring is 1. The second kappa shape index (κ2) is 5.55. The summed E-state index contributed by atoms with van der Waals surface area (Å²) in [7, 11) is 0. The molecule has 1 aliphatic rings. The molecule has 3 rings (SSSR count). The van der Waals surface area contributed by atoms with Crippen LogP contribution in [0.3, 0.4) is 0 Å². The molecule has 1 aliphatic heterocycles. The number of rotatable bonds is 3. The van der Waals surface area contributed by atoms with Gasteiger partial charge in [0.05, 0.1) is 0 Å². The van der Waals surface area contributed by atoms with Crippen LogP contribution in [-0.4, -0.2) is 28.0 Å². The Bertz CT molecular complexity index is 653. The van der Waals surface area contributed by atoms with E-state index in [-0.39, 0.29) is 12.0 Å². The van der Waals surface area contributed by atoms with Crippen LogP contribution in [0.1, 0.15) is 24.0 Å².